The van der Waals surface area contributed by atoms with Gasteiger partial charge in [0.05, 0.1) is 17.9 Å². The Kier molecular flexibility index (Phi) is 6.41. The molecule has 1 amide bonds. The van der Waals surface area contributed by atoms with E-state index in [1.807, 2.05) is 13.8 Å². The number of nitrogen functional groups attached to an aromatic ring is 1. The summed E-state index contributed by atoms with van der Waals surface area (Å²) in [5, 5.41) is 0. The first-order chi connectivity index (χ1) is 9.51. The summed E-state index contributed by atoms with van der Waals surface area (Å²) in [7, 11) is 1.58. The van der Waals surface area contributed by atoms with Crippen LogP contribution in [0.25, 0.3) is 0 Å². The second-order valence-corrected chi connectivity index (χ2v) is 4.94. The van der Waals surface area contributed by atoms with Crippen LogP contribution in [0.1, 0.15) is 24.2 Å². The van der Waals surface area contributed by atoms with Crippen molar-refractivity contribution in [2.75, 3.05) is 32.2 Å². The van der Waals surface area contributed by atoms with Crippen LogP contribution >= 0.6 is 0 Å². The average Bonchev–Trinajstić information content (AvgIpc) is 2.42. The Hall–Kier alpha value is -1.66. The number of ether oxygens (including phenoxy) is 1. The molecular weight excluding hydrogens is 261 g/mol. The van der Waals surface area contributed by atoms with Gasteiger partial charge in [0.15, 0.2) is 0 Å². The minimum atomic E-state index is -0.547. The maximum absolute atomic E-state index is 13.7. The minimum Gasteiger partial charge on any atom is -0.383 e. The molecule has 0 aliphatic carbocycles. The molecule has 0 aliphatic heterocycles. The number of benzene rings is 1. The number of carbonyl (C=O) groups excluding carboxylic acids is 1. The van der Waals surface area contributed by atoms with E-state index in [2.05, 4.69) is 5.43 Å². The van der Waals surface area contributed by atoms with Crippen molar-refractivity contribution < 1.29 is 13.9 Å². The van der Waals surface area contributed by atoms with E-state index in [1.54, 1.807) is 18.1 Å². The van der Waals surface area contributed by atoms with Gasteiger partial charge in [0.25, 0.3) is 5.91 Å². The number of hydrogen-bond donors (Lipinski definition) is 2. The maximum atomic E-state index is 13.7. The lowest BCUT2D eigenvalue weighted by atomic mass is 10.1. The third kappa shape index (κ3) is 4.18. The van der Waals surface area contributed by atoms with Crippen molar-refractivity contribution in [3.05, 3.63) is 29.6 Å². The van der Waals surface area contributed by atoms with Gasteiger partial charge in [0, 0.05) is 20.2 Å². The van der Waals surface area contributed by atoms with Crippen LogP contribution in [0.15, 0.2) is 18.2 Å². The number of nitrogens with zero attached hydrogens (tertiary/aromatic N) is 1. The van der Waals surface area contributed by atoms with E-state index in [4.69, 9.17) is 10.6 Å². The summed E-state index contributed by atoms with van der Waals surface area (Å²) in [6.07, 6.45) is 0. The Morgan fingerprint density at radius 2 is 2.20 bits per heavy atom. The van der Waals surface area contributed by atoms with Gasteiger partial charge >= 0.3 is 0 Å². The first-order valence-electron chi connectivity index (χ1n) is 6.54. The monoisotopic (exact) mass is 283 g/mol. The number of halogens is 1. The van der Waals surface area contributed by atoms with E-state index in [0.717, 1.165) is 0 Å². The highest BCUT2D eigenvalue weighted by molar-refractivity contribution is 5.99. The van der Waals surface area contributed by atoms with Gasteiger partial charge in [-0.2, -0.15) is 0 Å². The number of anilines is 1. The molecule has 0 saturated heterocycles. The standard InChI is InChI=1S/C14H22FN3O2/c1-10(2)9-18(7-8-20-3)14(19)11-5-4-6-12(15)13(11)17-16/h4-6,10,17H,7-9,16H2,1-3H3. The molecule has 0 fully saturated rings. The van der Waals surface area contributed by atoms with E-state index >= 15 is 0 Å². The third-order valence-corrected chi connectivity index (χ3v) is 2.83. The van der Waals surface area contributed by atoms with Crippen molar-refractivity contribution in [2.45, 2.75) is 13.8 Å². The van der Waals surface area contributed by atoms with Crippen molar-refractivity contribution in [3.63, 3.8) is 0 Å². The number of carbonyl (C=O) groups is 1. The van der Waals surface area contributed by atoms with Crippen LogP contribution in [0.4, 0.5) is 10.1 Å². The molecule has 112 valence electrons. The lowest BCUT2D eigenvalue weighted by Gasteiger charge is -2.25. The summed E-state index contributed by atoms with van der Waals surface area (Å²) in [5.41, 5.74) is 2.50. The van der Waals surface area contributed by atoms with Gasteiger partial charge in [-0.15, -0.1) is 0 Å². The molecule has 20 heavy (non-hydrogen) atoms. The highest BCUT2D eigenvalue weighted by atomic mass is 19.1. The summed E-state index contributed by atoms with van der Waals surface area (Å²) in [6, 6.07) is 4.31. The van der Waals surface area contributed by atoms with Gasteiger partial charge in [-0.1, -0.05) is 19.9 Å². The van der Waals surface area contributed by atoms with Crippen molar-refractivity contribution in [3.8, 4) is 0 Å². The smallest absolute Gasteiger partial charge is 0.256 e. The van der Waals surface area contributed by atoms with E-state index in [9.17, 15) is 9.18 Å². The number of hydrazine groups is 1. The van der Waals surface area contributed by atoms with Gasteiger partial charge in [-0.3, -0.25) is 10.6 Å². The second-order valence-electron chi connectivity index (χ2n) is 4.94. The zero-order valence-corrected chi connectivity index (χ0v) is 12.1. The zero-order chi connectivity index (χ0) is 15.1. The van der Waals surface area contributed by atoms with Gasteiger partial charge in [0.1, 0.15) is 5.82 Å². The van der Waals surface area contributed by atoms with Crippen molar-refractivity contribution >= 4 is 11.6 Å². The minimum absolute atomic E-state index is 0.0173. The highest BCUT2D eigenvalue weighted by Crippen LogP contribution is 2.20. The molecule has 0 bridgehead atoms. The fourth-order valence-corrected chi connectivity index (χ4v) is 1.94. The molecule has 0 unspecified atom stereocenters. The zero-order valence-electron chi connectivity index (χ0n) is 12.1. The number of para-hydroxylation sites is 1. The van der Waals surface area contributed by atoms with Crippen LogP contribution in [-0.4, -0.2) is 37.6 Å². The molecular formula is C14H22FN3O2. The van der Waals surface area contributed by atoms with E-state index < -0.39 is 5.82 Å². The summed E-state index contributed by atoms with van der Waals surface area (Å²) in [4.78, 5) is 14.2. The van der Waals surface area contributed by atoms with Crippen LogP contribution < -0.4 is 11.3 Å². The quantitative estimate of drug-likeness (QED) is 0.592. The summed E-state index contributed by atoms with van der Waals surface area (Å²) >= 11 is 0. The SMILES string of the molecule is COCCN(CC(C)C)C(=O)c1cccc(F)c1NN. The second kappa shape index (κ2) is 7.81. The largest absolute Gasteiger partial charge is 0.383 e. The summed E-state index contributed by atoms with van der Waals surface area (Å²) < 4.78 is 18.7. The first-order valence-corrected chi connectivity index (χ1v) is 6.54. The molecule has 0 spiro atoms. The molecule has 3 N–H and O–H groups in total. The number of amides is 1. The fourth-order valence-electron chi connectivity index (χ4n) is 1.94. The van der Waals surface area contributed by atoms with E-state index in [0.29, 0.717) is 25.6 Å². The van der Waals surface area contributed by atoms with Gasteiger partial charge in [-0.05, 0) is 18.1 Å². The topological polar surface area (TPSA) is 67.6 Å². The Morgan fingerprint density at radius 3 is 2.75 bits per heavy atom. The van der Waals surface area contributed by atoms with E-state index in [-0.39, 0.29) is 17.2 Å². The number of nitrogens with one attached hydrogen (secondary N) is 1. The Labute approximate surface area is 118 Å². The van der Waals surface area contributed by atoms with Gasteiger partial charge in [0.2, 0.25) is 0 Å². The fraction of sp³-hybridized carbons (Fsp3) is 0.500. The molecule has 5 nitrogen and oxygen atoms in total. The van der Waals surface area contributed by atoms with Crippen molar-refractivity contribution in [1.82, 2.24) is 4.90 Å². The molecule has 0 atom stereocenters. The maximum Gasteiger partial charge on any atom is 0.256 e. The van der Waals surface area contributed by atoms with Crippen LogP contribution in [0.2, 0.25) is 0 Å². The molecule has 0 aliphatic rings. The van der Waals surface area contributed by atoms with Crippen LogP contribution in [0, 0.1) is 11.7 Å². The van der Waals surface area contributed by atoms with Gasteiger partial charge < -0.3 is 15.1 Å². The predicted molar refractivity (Wildman–Crippen MR) is 76.8 cm³/mol. The number of hydrogen-bond acceptors (Lipinski definition) is 4. The van der Waals surface area contributed by atoms with Crippen molar-refractivity contribution in [1.29, 1.82) is 0 Å². The summed E-state index contributed by atoms with van der Waals surface area (Å²) in [5.74, 6) is 4.80. The average molecular weight is 283 g/mol. The highest BCUT2D eigenvalue weighted by Gasteiger charge is 2.21. The van der Waals surface area contributed by atoms with Crippen LogP contribution in [0.3, 0.4) is 0 Å². The number of methoxy groups -OCH3 is 1. The Balaban J connectivity index is 3.01. The lowest BCUT2D eigenvalue weighted by Crippen LogP contribution is -2.37. The molecule has 0 aromatic heterocycles. The summed E-state index contributed by atoms with van der Waals surface area (Å²) in [6.45, 7) is 5.48. The molecule has 1 rings (SSSR count). The lowest BCUT2D eigenvalue weighted by molar-refractivity contribution is 0.0673. The van der Waals surface area contributed by atoms with Crippen molar-refractivity contribution in [2.24, 2.45) is 11.8 Å². The molecule has 1 aromatic rings. The van der Waals surface area contributed by atoms with E-state index in [1.165, 1.54) is 12.1 Å². The first kappa shape index (κ1) is 16.4. The molecule has 6 heteroatoms. The number of rotatable bonds is 7. The predicted octanol–water partition coefficient (Wildman–Crippen LogP) is 1.86. The van der Waals surface area contributed by atoms with Crippen LogP contribution in [0.5, 0.6) is 0 Å². The molecule has 1 aromatic carbocycles. The number of nitrogens with two attached hydrogens (primary N) is 1. The van der Waals surface area contributed by atoms with Gasteiger partial charge in [-0.25, -0.2) is 4.39 Å². The third-order valence-electron chi connectivity index (χ3n) is 2.83. The molecule has 0 heterocycles. The molecule has 0 saturated carbocycles. The Morgan fingerprint density at radius 1 is 1.50 bits per heavy atom. The normalized spacial score (nSPS) is 10.7. The van der Waals surface area contributed by atoms with Crippen LogP contribution in [-0.2, 0) is 4.74 Å². The Bertz CT molecular complexity index is 452. The molecule has 0 radical (unpaired) electrons.